The summed E-state index contributed by atoms with van der Waals surface area (Å²) in [6.45, 7) is 0.548. The number of carbonyl (C=O) groups excluding carboxylic acids is 2. The first-order chi connectivity index (χ1) is 22.3. The normalized spacial score (nSPS) is 11.8. The minimum atomic E-state index is -0.551. The van der Waals surface area contributed by atoms with Crippen LogP contribution in [0.5, 0.6) is 0 Å². The third-order valence-corrected chi connectivity index (χ3v) is 7.17. The van der Waals surface area contributed by atoms with Crippen LogP contribution in [-0.4, -0.2) is 68.5 Å². The molecule has 234 valence electrons. The highest BCUT2D eigenvalue weighted by Gasteiger charge is 2.20. The van der Waals surface area contributed by atoms with E-state index in [0.29, 0.717) is 40.6 Å². The molecule has 46 heavy (non-hydrogen) atoms. The predicted octanol–water partition coefficient (Wildman–Crippen LogP) is 5.13. The van der Waals surface area contributed by atoms with Gasteiger partial charge in [-0.15, -0.1) is 5.10 Å². The number of benzene rings is 3. The molecule has 2 heterocycles. The van der Waals surface area contributed by atoms with Crippen LogP contribution in [0.3, 0.4) is 0 Å². The molecule has 1 unspecified atom stereocenters. The van der Waals surface area contributed by atoms with E-state index in [-0.39, 0.29) is 5.91 Å². The minimum Gasteiger partial charge on any atom is -0.453 e. The van der Waals surface area contributed by atoms with Crippen LogP contribution in [0.25, 0.3) is 22.9 Å². The maximum absolute atomic E-state index is 13.4. The monoisotopic (exact) mass is 637 g/mol. The number of nitrogens with one attached hydrogen (secondary N) is 2. The second-order valence-corrected chi connectivity index (χ2v) is 11.0. The smallest absolute Gasteiger partial charge is 0.411 e. The number of tetrazole rings is 1. The highest BCUT2D eigenvalue weighted by Crippen LogP contribution is 2.28. The second-order valence-electron chi connectivity index (χ2n) is 10.6. The van der Waals surface area contributed by atoms with Crippen LogP contribution in [0.4, 0.5) is 10.5 Å². The Morgan fingerprint density at radius 3 is 2.50 bits per heavy atom. The summed E-state index contributed by atoms with van der Waals surface area (Å²) in [4.78, 5) is 27.1. The van der Waals surface area contributed by atoms with E-state index in [1.807, 2.05) is 67.5 Å². The summed E-state index contributed by atoms with van der Waals surface area (Å²) in [6, 6.07) is 23.9. The van der Waals surface area contributed by atoms with Crippen molar-refractivity contribution in [1.29, 1.82) is 0 Å². The van der Waals surface area contributed by atoms with Gasteiger partial charge >= 0.3 is 6.09 Å². The van der Waals surface area contributed by atoms with Gasteiger partial charge in [-0.05, 0) is 84.5 Å². The number of aromatic nitrogens is 6. The number of nitrogens with zero attached hydrogens (tertiary/aromatic N) is 7. The van der Waals surface area contributed by atoms with Crippen molar-refractivity contribution in [2.75, 3.05) is 26.5 Å². The standard InChI is InChI=1S/C33H32ClN9O3/c1-42(2)20-30-27(23-9-13-26(14-10-23)36-33(45)46-3)19-29(38-39-30)28(17-22-7-5-4-6-8-22)37-32(44)16-11-24-18-25(34)12-15-31(24)43-21-35-40-41-43/h4-16,18-19,21,28H,17,20H2,1-3H3,(H,36,45)(H,37,44). The van der Waals surface area contributed by atoms with Crippen LogP contribution < -0.4 is 10.6 Å². The lowest BCUT2D eigenvalue weighted by Gasteiger charge is -2.20. The number of anilines is 1. The van der Waals surface area contributed by atoms with E-state index < -0.39 is 12.1 Å². The SMILES string of the molecule is COC(=O)Nc1ccc(-c2cc(C(Cc3ccccc3)NC(=O)C=Cc3cc(Cl)ccc3-n3cnnn3)nnc2CN(C)C)cc1. The van der Waals surface area contributed by atoms with Crippen molar-refractivity contribution in [3.8, 4) is 16.8 Å². The first kappa shape index (κ1) is 31.9. The summed E-state index contributed by atoms with van der Waals surface area (Å²) in [7, 11) is 5.23. The zero-order valence-corrected chi connectivity index (χ0v) is 26.2. The molecule has 5 aromatic rings. The molecular formula is C33H32ClN9O3. The average Bonchev–Trinajstić information content (AvgIpc) is 3.59. The Balaban J connectivity index is 1.47. The molecule has 0 saturated heterocycles. The summed E-state index contributed by atoms with van der Waals surface area (Å²) < 4.78 is 6.19. The van der Waals surface area contributed by atoms with Crippen molar-refractivity contribution in [3.05, 3.63) is 119 Å². The summed E-state index contributed by atoms with van der Waals surface area (Å²) in [6.07, 6.45) is 4.51. The Morgan fingerprint density at radius 2 is 1.80 bits per heavy atom. The van der Waals surface area contributed by atoms with Crippen LogP contribution in [0.15, 0.2) is 91.3 Å². The van der Waals surface area contributed by atoms with Gasteiger partial charge in [-0.1, -0.05) is 54.1 Å². The molecule has 1 atom stereocenters. The molecule has 12 nitrogen and oxygen atoms in total. The number of ether oxygens (including phenoxy) is 1. The molecule has 0 bridgehead atoms. The van der Waals surface area contributed by atoms with Gasteiger partial charge in [-0.3, -0.25) is 10.1 Å². The molecule has 0 spiro atoms. The van der Waals surface area contributed by atoms with Crippen molar-refractivity contribution in [1.82, 2.24) is 40.6 Å². The van der Waals surface area contributed by atoms with Gasteiger partial charge < -0.3 is 15.0 Å². The van der Waals surface area contributed by atoms with E-state index in [9.17, 15) is 9.59 Å². The number of hydrogen-bond donors (Lipinski definition) is 2. The number of hydrogen-bond acceptors (Lipinski definition) is 9. The maximum Gasteiger partial charge on any atom is 0.411 e. The third kappa shape index (κ3) is 8.37. The highest BCUT2D eigenvalue weighted by molar-refractivity contribution is 6.30. The third-order valence-electron chi connectivity index (χ3n) is 6.94. The summed E-state index contributed by atoms with van der Waals surface area (Å²) in [5.74, 6) is -0.331. The lowest BCUT2D eigenvalue weighted by atomic mass is 9.98. The van der Waals surface area contributed by atoms with E-state index in [0.717, 1.165) is 22.4 Å². The van der Waals surface area contributed by atoms with Crippen molar-refractivity contribution >= 4 is 35.4 Å². The molecule has 0 aliphatic rings. The van der Waals surface area contributed by atoms with Gasteiger partial charge in [0.1, 0.15) is 6.33 Å². The molecule has 2 aromatic heterocycles. The van der Waals surface area contributed by atoms with Crippen molar-refractivity contribution in [2.45, 2.75) is 19.0 Å². The fraction of sp³-hybridized carbons (Fsp3) is 0.182. The van der Waals surface area contributed by atoms with E-state index in [2.05, 4.69) is 36.4 Å². The van der Waals surface area contributed by atoms with Crippen LogP contribution in [0.2, 0.25) is 5.02 Å². The van der Waals surface area contributed by atoms with Gasteiger partial charge in [0.05, 0.1) is 30.2 Å². The average molecular weight is 638 g/mol. The lowest BCUT2D eigenvalue weighted by molar-refractivity contribution is -0.117. The van der Waals surface area contributed by atoms with Gasteiger partial charge in [0.15, 0.2) is 0 Å². The number of halogens is 1. The second kappa shape index (κ2) is 15.0. The number of carbonyl (C=O) groups is 2. The lowest BCUT2D eigenvalue weighted by Crippen LogP contribution is -2.29. The van der Waals surface area contributed by atoms with Gasteiger partial charge in [0.25, 0.3) is 0 Å². The van der Waals surface area contributed by atoms with Crippen LogP contribution in [-0.2, 0) is 22.5 Å². The molecule has 0 aliphatic heterocycles. The summed E-state index contributed by atoms with van der Waals surface area (Å²) >= 11 is 6.26. The first-order valence-corrected chi connectivity index (χ1v) is 14.7. The zero-order valence-electron chi connectivity index (χ0n) is 25.5. The van der Waals surface area contributed by atoms with Crippen molar-refractivity contribution < 1.29 is 14.3 Å². The van der Waals surface area contributed by atoms with E-state index >= 15 is 0 Å². The van der Waals surface area contributed by atoms with Gasteiger partial charge in [0, 0.05) is 34.5 Å². The molecule has 0 radical (unpaired) electrons. The Kier molecular flexibility index (Phi) is 10.4. The highest BCUT2D eigenvalue weighted by atomic mass is 35.5. The van der Waals surface area contributed by atoms with E-state index in [1.165, 1.54) is 24.2 Å². The Labute approximate surface area is 271 Å². The Bertz CT molecular complexity index is 1810. The molecule has 2 amide bonds. The van der Waals surface area contributed by atoms with Gasteiger partial charge in [-0.25, -0.2) is 4.79 Å². The fourth-order valence-corrected chi connectivity index (χ4v) is 4.95. The molecule has 2 N–H and O–H groups in total. The number of rotatable bonds is 11. The van der Waals surface area contributed by atoms with E-state index in [4.69, 9.17) is 16.3 Å². The Morgan fingerprint density at radius 1 is 1.02 bits per heavy atom. The molecule has 0 aliphatic carbocycles. The largest absolute Gasteiger partial charge is 0.453 e. The first-order valence-electron chi connectivity index (χ1n) is 14.3. The predicted molar refractivity (Wildman–Crippen MR) is 175 cm³/mol. The van der Waals surface area contributed by atoms with Crippen molar-refractivity contribution in [3.63, 3.8) is 0 Å². The summed E-state index contributed by atoms with van der Waals surface area (Å²) in [5, 5.41) is 26.8. The fourth-order valence-electron chi connectivity index (χ4n) is 4.77. The topological polar surface area (TPSA) is 140 Å². The van der Waals surface area contributed by atoms with Crippen LogP contribution in [0, 0.1) is 0 Å². The maximum atomic E-state index is 13.4. The summed E-state index contributed by atoms with van der Waals surface area (Å²) in [5.41, 5.74) is 6.04. The zero-order chi connectivity index (χ0) is 32.5. The van der Waals surface area contributed by atoms with Gasteiger partial charge in [-0.2, -0.15) is 14.9 Å². The Hall–Kier alpha value is -5.46. The van der Waals surface area contributed by atoms with Crippen molar-refractivity contribution in [2.24, 2.45) is 0 Å². The molecule has 0 fully saturated rings. The molecular weight excluding hydrogens is 606 g/mol. The molecule has 0 saturated carbocycles. The molecule has 5 rings (SSSR count). The number of amides is 2. The molecule has 13 heteroatoms. The van der Waals surface area contributed by atoms with Gasteiger partial charge in [0.2, 0.25) is 5.91 Å². The number of methoxy groups -OCH3 is 1. The van der Waals surface area contributed by atoms with E-state index in [1.54, 1.807) is 36.4 Å². The van der Waals surface area contributed by atoms with Crippen LogP contribution in [0.1, 0.15) is 28.6 Å². The minimum absolute atomic E-state index is 0.331. The van der Waals surface area contributed by atoms with Crippen LogP contribution >= 0.6 is 11.6 Å². The molecule has 3 aromatic carbocycles. The quantitative estimate of drug-likeness (QED) is 0.189.